The van der Waals surface area contributed by atoms with Gasteiger partial charge in [0.15, 0.2) is 0 Å². The molecule has 0 radical (unpaired) electrons. The first kappa shape index (κ1) is 23.0. The number of amides is 2. The minimum atomic E-state index is -0.692. The number of aliphatic hydroxyl groups excluding tert-OH is 1. The molecular formula is C27H27FN4O3. The smallest absolute Gasteiger partial charge is 0.259 e. The molecule has 2 amide bonds. The molecule has 1 aliphatic rings. The van der Waals surface area contributed by atoms with Crippen LogP contribution < -0.4 is 5.32 Å². The van der Waals surface area contributed by atoms with Crippen molar-refractivity contribution < 1.29 is 19.1 Å². The summed E-state index contributed by atoms with van der Waals surface area (Å²) >= 11 is 0. The summed E-state index contributed by atoms with van der Waals surface area (Å²) in [6.07, 6.45) is 2.67. The van der Waals surface area contributed by atoms with Gasteiger partial charge in [0.1, 0.15) is 5.82 Å². The van der Waals surface area contributed by atoms with Gasteiger partial charge in [-0.1, -0.05) is 38.1 Å². The molecule has 0 fully saturated rings. The third-order valence-electron chi connectivity index (χ3n) is 6.69. The number of aromatic nitrogens is 2. The van der Waals surface area contributed by atoms with Gasteiger partial charge in [-0.25, -0.2) is 4.39 Å². The number of likely N-dealkylation sites (N-methyl/N-ethyl adjacent to an activating group) is 1. The first-order valence-electron chi connectivity index (χ1n) is 11.8. The van der Waals surface area contributed by atoms with E-state index < -0.39 is 23.7 Å². The lowest BCUT2D eigenvalue weighted by molar-refractivity contribution is -0.122. The summed E-state index contributed by atoms with van der Waals surface area (Å²) in [4.78, 5) is 31.3. The van der Waals surface area contributed by atoms with E-state index in [0.717, 1.165) is 24.0 Å². The normalized spacial score (nSPS) is 15.1. The van der Waals surface area contributed by atoms with Crippen LogP contribution in [0.15, 0.2) is 54.9 Å². The molecule has 0 spiro atoms. The first-order valence-corrected chi connectivity index (χ1v) is 11.8. The summed E-state index contributed by atoms with van der Waals surface area (Å²) in [6, 6.07) is 12.2. The lowest BCUT2D eigenvalue weighted by Gasteiger charge is -2.22. The summed E-state index contributed by atoms with van der Waals surface area (Å²) in [5.41, 5.74) is 2.63. The monoisotopic (exact) mass is 474 g/mol. The fourth-order valence-electron chi connectivity index (χ4n) is 4.96. The van der Waals surface area contributed by atoms with Gasteiger partial charge in [-0.2, -0.15) is 0 Å². The van der Waals surface area contributed by atoms with Crippen LogP contribution in [0.1, 0.15) is 25.0 Å². The molecule has 2 aromatic carbocycles. The molecule has 180 valence electrons. The molecular weight excluding hydrogens is 447 g/mol. The zero-order chi connectivity index (χ0) is 24.7. The van der Waals surface area contributed by atoms with Gasteiger partial charge in [0, 0.05) is 52.9 Å². The van der Waals surface area contributed by atoms with E-state index in [-0.39, 0.29) is 23.1 Å². The number of carbonyl (C=O) groups excluding carboxylic acids is 2. The number of nitrogens with one attached hydrogen (secondary N) is 2. The molecule has 0 aliphatic carbocycles. The molecule has 4 aromatic rings. The maximum Gasteiger partial charge on any atom is 0.259 e. The molecule has 0 saturated carbocycles. The van der Waals surface area contributed by atoms with Crippen molar-refractivity contribution in [2.75, 3.05) is 19.6 Å². The van der Waals surface area contributed by atoms with Crippen molar-refractivity contribution in [3.63, 3.8) is 0 Å². The second kappa shape index (κ2) is 9.13. The number of aromatic amines is 1. The van der Waals surface area contributed by atoms with Crippen LogP contribution >= 0.6 is 0 Å². The van der Waals surface area contributed by atoms with E-state index in [0.29, 0.717) is 23.2 Å². The second-order valence-corrected chi connectivity index (χ2v) is 8.75. The molecule has 35 heavy (non-hydrogen) atoms. The third-order valence-corrected chi connectivity index (χ3v) is 6.69. The fourth-order valence-corrected chi connectivity index (χ4v) is 4.96. The minimum absolute atomic E-state index is 0.131. The minimum Gasteiger partial charge on any atom is -0.390 e. The number of hydrogen-bond acceptors (Lipinski definition) is 4. The number of benzene rings is 2. The average Bonchev–Trinajstić information content (AvgIpc) is 3.51. The van der Waals surface area contributed by atoms with Gasteiger partial charge in [0.05, 0.1) is 22.8 Å². The summed E-state index contributed by atoms with van der Waals surface area (Å²) < 4.78 is 16.9. The quantitative estimate of drug-likeness (QED) is 0.341. The second-order valence-electron chi connectivity index (χ2n) is 8.75. The van der Waals surface area contributed by atoms with Crippen LogP contribution in [0.5, 0.6) is 0 Å². The molecule has 7 nitrogen and oxygen atoms in total. The molecule has 1 unspecified atom stereocenters. The van der Waals surface area contributed by atoms with E-state index in [1.165, 1.54) is 6.07 Å². The van der Waals surface area contributed by atoms with Gasteiger partial charge in [-0.3, -0.25) is 14.9 Å². The van der Waals surface area contributed by atoms with Gasteiger partial charge < -0.3 is 19.6 Å². The van der Waals surface area contributed by atoms with Gasteiger partial charge in [0.2, 0.25) is 0 Å². The van der Waals surface area contributed by atoms with Crippen molar-refractivity contribution in [1.82, 2.24) is 19.8 Å². The van der Waals surface area contributed by atoms with Crippen LogP contribution in [0.2, 0.25) is 0 Å². The summed E-state index contributed by atoms with van der Waals surface area (Å²) in [7, 11) is 0. The van der Waals surface area contributed by atoms with E-state index in [1.54, 1.807) is 29.1 Å². The Morgan fingerprint density at radius 2 is 1.71 bits per heavy atom. The number of fused-ring (bicyclic) bond motifs is 2. The van der Waals surface area contributed by atoms with Crippen molar-refractivity contribution in [3.05, 3.63) is 71.8 Å². The number of hydrogen-bond donors (Lipinski definition) is 3. The molecule has 1 aliphatic heterocycles. The Labute approximate surface area is 201 Å². The van der Waals surface area contributed by atoms with Crippen LogP contribution in [0.3, 0.4) is 0 Å². The number of nitrogens with zero attached hydrogens (tertiary/aromatic N) is 2. The van der Waals surface area contributed by atoms with E-state index in [4.69, 9.17) is 0 Å². The van der Waals surface area contributed by atoms with E-state index in [9.17, 15) is 14.7 Å². The van der Waals surface area contributed by atoms with Crippen molar-refractivity contribution in [1.29, 1.82) is 0 Å². The maximum absolute atomic E-state index is 15.2. The third kappa shape index (κ3) is 3.94. The zero-order valence-corrected chi connectivity index (χ0v) is 19.6. The molecule has 2 aromatic heterocycles. The standard InChI is InChI=1S/C27H27FN4O3/c1-3-31(4-2)13-16(33)14-32-15-19(23-20(28)9-7-11-22(23)32)25-24(26(34)30-27(25)35)18-12-29-21-10-6-5-8-17(18)21/h5-12,15-16,29,33H,3-4,13-14H2,1-2H3,(H,30,34,35). The predicted octanol–water partition coefficient (Wildman–Crippen LogP) is 3.53. The first-order chi connectivity index (χ1) is 16.9. The Kier molecular flexibility index (Phi) is 6.00. The van der Waals surface area contributed by atoms with Crippen LogP contribution in [-0.2, 0) is 16.1 Å². The van der Waals surface area contributed by atoms with Crippen LogP contribution in [0.25, 0.3) is 33.0 Å². The molecule has 8 heteroatoms. The zero-order valence-electron chi connectivity index (χ0n) is 19.6. The fraction of sp³-hybridized carbons (Fsp3) is 0.259. The van der Waals surface area contributed by atoms with Crippen molar-refractivity contribution >= 4 is 44.8 Å². The number of rotatable bonds is 8. The van der Waals surface area contributed by atoms with Gasteiger partial charge in [-0.15, -0.1) is 0 Å². The maximum atomic E-state index is 15.2. The Balaban J connectivity index is 1.68. The molecule has 1 atom stereocenters. The number of carbonyl (C=O) groups is 2. The largest absolute Gasteiger partial charge is 0.390 e. The Bertz CT molecular complexity index is 1480. The number of imide groups is 1. The van der Waals surface area contributed by atoms with Crippen LogP contribution in [-0.4, -0.2) is 57.1 Å². The number of H-pyrrole nitrogens is 1. The van der Waals surface area contributed by atoms with Crippen LogP contribution in [0, 0.1) is 5.82 Å². The number of halogens is 1. The lowest BCUT2D eigenvalue weighted by Crippen LogP contribution is -2.34. The van der Waals surface area contributed by atoms with Gasteiger partial charge in [-0.05, 0) is 31.3 Å². The van der Waals surface area contributed by atoms with E-state index >= 15 is 4.39 Å². The lowest BCUT2D eigenvalue weighted by atomic mass is 9.95. The predicted molar refractivity (Wildman–Crippen MR) is 134 cm³/mol. The van der Waals surface area contributed by atoms with E-state index in [1.807, 2.05) is 38.1 Å². The Hall–Kier alpha value is -3.75. The summed E-state index contributed by atoms with van der Waals surface area (Å²) in [5, 5.41) is 14.2. The summed E-state index contributed by atoms with van der Waals surface area (Å²) in [6.45, 7) is 6.37. The van der Waals surface area contributed by atoms with Crippen LogP contribution in [0.4, 0.5) is 4.39 Å². The SMILES string of the molecule is CCN(CC)CC(O)Cn1cc(C2=C(c3c[nH]c4ccccc34)C(=O)NC2=O)c2c(F)cccc21. The Morgan fingerprint density at radius 3 is 2.46 bits per heavy atom. The highest BCUT2D eigenvalue weighted by atomic mass is 19.1. The van der Waals surface area contributed by atoms with Crippen molar-refractivity contribution in [2.24, 2.45) is 0 Å². The molecule has 0 bridgehead atoms. The van der Waals surface area contributed by atoms with Gasteiger partial charge >= 0.3 is 0 Å². The highest BCUT2D eigenvalue weighted by molar-refractivity contribution is 6.50. The highest BCUT2D eigenvalue weighted by Gasteiger charge is 2.35. The molecule has 0 saturated heterocycles. The van der Waals surface area contributed by atoms with Crippen molar-refractivity contribution in [2.45, 2.75) is 26.5 Å². The Morgan fingerprint density at radius 1 is 1.00 bits per heavy atom. The molecule has 5 rings (SSSR count). The molecule has 3 N–H and O–H groups in total. The van der Waals surface area contributed by atoms with Gasteiger partial charge in [0.25, 0.3) is 11.8 Å². The number of para-hydroxylation sites is 1. The van der Waals surface area contributed by atoms with E-state index in [2.05, 4.69) is 15.2 Å². The average molecular weight is 475 g/mol. The van der Waals surface area contributed by atoms with Crippen molar-refractivity contribution in [3.8, 4) is 0 Å². The summed E-state index contributed by atoms with van der Waals surface area (Å²) in [5.74, 6) is -1.58. The molecule has 3 heterocycles. The highest BCUT2D eigenvalue weighted by Crippen LogP contribution is 2.39. The number of aliphatic hydroxyl groups is 1. The topological polar surface area (TPSA) is 90.4 Å².